The van der Waals surface area contributed by atoms with E-state index in [1.807, 2.05) is 24.3 Å². The van der Waals surface area contributed by atoms with Crippen molar-refractivity contribution in [3.8, 4) is 11.8 Å². The van der Waals surface area contributed by atoms with E-state index >= 15 is 0 Å². The summed E-state index contributed by atoms with van der Waals surface area (Å²) in [6.45, 7) is 0. The molecule has 0 amide bonds. The van der Waals surface area contributed by atoms with Gasteiger partial charge in [-0.2, -0.15) is 0 Å². The van der Waals surface area contributed by atoms with E-state index in [-0.39, 0.29) is 0 Å². The molecule has 0 fully saturated rings. The monoisotopic (exact) mass is 225 g/mol. The highest BCUT2D eigenvalue weighted by Crippen LogP contribution is 2.11. The molecule has 2 rings (SSSR count). The average Bonchev–Trinajstić information content (AvgIpc) is 2.32. The molecule has 1 aliphatic carbocycles. The lowest BCUT2D eigenvalue weighted by Gasteiger charge is -2.06. The fourth-order valence-electron chi connectivity index (χ4n) is 1.75. The summed E-state index contributed by atoms with van der Waals surface area (Å²) in [4.78, 5) is 0. The predicted molar refractivity (Wildman–Crippen MR) is 70.9 cm³/mol. The van der Waals surface area contributed by atoms with E-state index in [0.717, 1.165) is 24.1 Å². The first-order chi connectivity index (χ1) is 8.24. The number of anilines is 1. The van der Waals surface area contributed by atoms with Crippen molar-refractivity contribution in [1.82, 2.24) is 0 Å². The molecule has 2 heteroatoms. The van der Waals surface area contributed by atoms with Crippen LogP contribution in [0.4, 0.5) is 5.69 Å². The van der Waals surface area contributed by atoms with E-state index in [0.29, 0.717) is 6.04 Å². The Labute approximate surface area is 102 Å². The summed E-state index contributed by atoms with van der Waals surface area (Å²) in [7, 11) is 0. The number of nitrogens with two attached hydrogens (primary N) is 1. The molecule has 1 aromatic rings. The Morgan fingerprint density at radius 3 is 2.76 bits per heavy atom. The summed E-state index contributed by atoms with van der Waals surface area (Å²) in [6.07, 6.45) is 8.32. The lowest BCUT2D eigenvalue weighted by Crippen LogP contribution is -2.59. The number of hydrogen-bond acceptors (Lipinski definition) is 1. The first kappa shape index (κ1) is 11.5. The molecular weight excluding hydrogens is 208 g/mol. The SMILES string of the molecule is Nc1ccc(C#CCC2=CC([NH3+])CC=C2)cc1. The largest absolute Gasteiger partial charge is 0.399 e. The van der Waals surface area contributed by atoms with Crippen molar-refractivity contribution in [1.29, 1.82) is 0 Å². The van der Waals surface area contributed by atoms with E-state index < -0.39 is 0 Å². The molecule has 86 valence electrons. The number of hydrogen-bond donors (Lipinski definition) is 2. The molecule has 2 nitrogen and oxygen atoms in total. The van der Waals surface area contributed by atoms with Crippen LogP contribution in [0, 0.1) is 11.8 Å². The molecule has 17 heavy (non-hydrogen) atoms. The van der Waals surface area contributed by atoms with Gasteiger partial charge in [-0.25, -0.2) is 0 Å². The Balaban J connectivity index is 1.99. The second kappa shape index (κ2) is 5.38. The first-order valence-corrected chi connectivity index (χ1v) is 5.79. The van der Waals surface area contributed by atoms with Crippen LogP contribution in [0.5, 0.6) is 0 Å². The van der Waals surface area contributed by atoms with Crippen LogP contribution in [0.1, 0.15) is 18.4 Å². The Kier molecular flexibility index (Phi) is 3.64. The topological polar surface area (TPSA) is 53.7 Å². The van der Waals surface area contributed by atoms with Crippen molar-refractivity contribution in [2.24, 2.45) is 0 Å². The van der Waals surface area contributed by atoms with E-state index in [4.69, 9.17) is 5.73 Å². The summed E-state index contributed by atoms with van der Waals surface area (Å²) < 4.78 is 0. The molecule has 1 aromatic carbocycles. The van der Waals surface area contributed by atoms with Crippen molar-refractivity contribution >= 4 is 5.69 Å². The van der Waals surface area contributed by atoms with Crippen LogP contribution in [0.25, 0.3) is 0 Å². The highest BCUT2D eigenvalue weighted by Gasteiger charge is 2.05. The molecule has 0 aromatic heterocycles. The van der Waals surface area contributed by atoms with Crippen LogP contribution in [0.2, 0.25) is 0 Å². The quantitative estimate of drug-likeness (QED) is 0.552. The molecule has 0 aliphatic heterocycles. The minimum atomic E-state index is 0.397. The minimum absolute atomic E-state index is 0.397. The van der Waals surface area contributed by atoms with Gasteiger partial charge in [0.2, 0.25) is 0 Å². The van der Waals surface area contributed by atoms with Crippen LogP contribution < -0.4 is 11.5 Å². The number of allylic oxidation sites excluding steroid dienone is 2. The Morgan fingerprint density at radius 2 is 2.06 bits per heavy atom. The molecule has 5 N–H and O–H groups in total. The molecule has 0 saturated heterocycles. The third-order valence-corrected chi connectivity index (χ3v) is 2.66. The van der Waals surface area contributed by atoms with E-state index in [1.165, 1.54) is 5.57 Å². The van der Waals surface area contributed by atoms with Gasteiger partial charge in [-0.3, -0.25) is 0 Å². The standard InChI is InChI=1S/C15H16N2/c16-14-9-7-12(8-10-14)3-1-4-13-5-2-6-15(17)11-13/h2,5,7-11,15H,4,6,16-17H2/p+1. The summed E-state index contributed by atoms with van der Waals surface area (Å²) in [6, 6.07) is 8.02. The third-order valence-electron chi connectivity index (χ3n) is 2.66. The van der Waals surface area contributed by atoms with Crippen LogP contribution >= 0.6 is 0 Å². The van der Waals surface area contributed by atoms with Crippen LogP contribution in [-0.4, -0.2) is 6.04 Å². The molecule has 0 heterocycles. The molecule has 0 spiro atoms. The highest BCUT2D eigenvalue weighted by atomic mass is 14.6. The van der Waals surface area contributed by atoms with Crippen molar-refractivity contribution in [3.05, 3.63) is 53.6 Å². The fraction of sp³-hybridized carbons (Fsp3) is 0.200. The van der Waals surface area contributed by atoms with Gasteiger partial charge < -0.3 is 11.5 Å². The zero-order chi connectivity index (χ0) is 12.1. The number of rotatable bonds is 1. The maximum atomic E-state index is 5.61. The Bertz CT molecular complexity index is 498. The minimum Gasteiger partial charge on any atom is -0.399 e. The van der Waals surface area contributed by atoms with Crippen molar-refractivity contribution < 1.29 is 5.73 Å². The lowest BCUT2D eigenvalue weighted by atomic mass is 10.0. The fourth-order valence-corrected chi connectivity index (χ4v) is 1.75. The van der Waals surface area contributed by atoms with Crippen LogP contribution in [-0.2, 0) is 0 Å². The third kappa shape index (κ3) is 3.51. The average molecular weight is 225 g/mol. The second-order valence-electron chi connectivity index (χ2n) is 4.24. The molecule has 1 aliphatic rings. The van der Waals surface area contributed by atoms with Gasteiger partial charge >= 0.3 is 0 Å². The molecular formula is C15H17N2+. The van der Waals surface area contributed by atoms with Crippen LogP contribution in [0.3, 0.4) is 0 Å². The first-order valence-electron chi connectivity index (χ1n) is 5.79. The number of quaternary nitrogens is 1. The van der Waals surface area contributed by atoms with Gasteiger partial charge in [-0.1, -0.05) is 24.0 Å². The van der Waals surface area contributed by atoms with Gasteiger partial charge in [0.25, 0.3) is 0 Å². The normalized spacial score (nSPS) is 18.2. The van der Waals surface area contributed by atoms with Crippen LogP contribution in [0.15, 0.2) is 48.1 Å². The van der Waals surface area contributed by atoms with E-state index in [1.54, 1.807) is 0 Å². The summed E-state index contributed by atoms with van der Waals surface area (Å²) in [5.74, 6) is 6.31. The van der Waals surface area contributed by atoms with Gasteiger partial charge in [0.05, 0.1) is 0 Å². The Hall–Kier alpha value is -1.98. The number of nitrogen functional groups attached to an aromatic ring is 1. The van der Waals surface area contributed by atoms with Crippen molar-refractivity contribution in [2.45, 2.75) is 18.9 Å². The summed E-state index contributed by atoms with van der Waals surface area (Å²) >= 11 is 0. The van der Waals surface area contributed by atoms with Gasteiger partial charge in [0, 0.05) is 24.1 Å². The molecule has 1 unspecified atom stereocenters. The van der Waals surface area contributed by atoms with Crippen molar-refractivity contribution in [2.75, 3.05) is 5.73 Å². The van der Waals surface area contributed by atoms with E-state index in [9.17, 15) is 0 Å². The highest BCUT2D eigenvalue weighted by molar-refractivity contribution is 5.45. The predicted octanol–water partition coefficient (Wildman–Crippen LogP) is 1.51. The smallest absolute Gasteiger partial charge is 0.107 e. The summed E-state index contributed by atoms with van der Waals surface area (Å²) in [5, 5.41) is 0. The van der Waals surface area contributed by atoms with Gasteiger partial charge in [0.1, 0.15) is 6.04 Å². The maximum Gasteiger partial charge on any atom is 0.107 e. The second-order valence-corrected chi connectivity index (χ2v) is 4.24. The number of benzene rings is 1. The van der Waals surface area contributed by atoms with Crippen molar-refractivity contribution in [3.63, 3.8) is 0 Å². The molecule has 1 atom stereocenters. The molecule has 0 saturated carbocycles. The maximum absolute atomic E-state index is 5.61. The Morgan fingerprint density at radius 1 is 1.29 bits per heavy atom. The summed E-state index contributed by atoms with van der Waals surface area (Å²) in [5.41, 5.74) is 12.7. The lowest BCUT2D eigenvalue weighted by molar-refractivity contribution is -0.402. The van der Waals surface area contributed by atoms with Gasteiger partial charge in [0.15, 0.2) is 0 Å². The van der Waals surface area contributed by atoms with Gasteiger partial charge in [-0.15, -0.1) is 0 Å². The zero-order valence-corrected chi connectivity index (χ0v) is 9.82. The molecule has 0 radical (unpaired) electrons. The molecule has 0 bridgehead atoms. The van der Waals surface area contributed by atoms with Gasteiger partial charge in [-0.05, 0) is 35.9 Å². The van der Waals surface area contributed by atoms with E-state index in [2.05, 4.69) is 35.8 Å². The zero-order valence-electron chi connectivity index (χ0n) is 9.82.